The lowest BCUT2D eigenvalue weighted by molar-refractivity contribution is -0.118. The van der Waals surface area contributed by atoms with Crippen LogP contribution in [0.15, 0.2) is 59.0 Å². The number of nitrogens with zero attached hydrogens (tertiary/aromatic N) is 2. The van der Waals surface area contributed by atoms with E-state index in [0.29, 0.717) is 33.3 Å². The van der Waals surface area contributed by atoms with Gasteiger partial charge in [-0.15, -0.1) is 11.3 Å². The summed E-state index contributed by atoms with van der Waals surface area (Å²) in [5.41, 5.74) is 0.982. The molecule has 2 aromatic carbocycles. The zero-order valence-corrected chi connectivity index (χ0v) is 17.6. The summed E-state index contributed by atoms with van der Waals surface area (Å²) in [6, 6.07) is 11.7. The van der Waals surface area contributed by atoms with Gasteiger partial charge in [0.25, 0.3) is 11.8 Å². The number of carbonyl (C=O) groups excluding carboxylic acids is 2. The van der Waals surface area contributed by atoms with Crippen LogP contribution < -0.4 is 24.3 Å². The maximum Gasteiger partial charge on any atom is 0.279 e. The third kappa shape index (κ3) is 5.26. The first-order chi connectivity index (χ1) is 14.5. The van der Waals surface area contributed by atoms with Crippen LogP contribution in [-0.4, -0.2) is 37.2 Å². The highest BCUT2D eigenvalue weighted by molar-refractivity contribution is 7.07. The zero-order valence-electron chi connectivity index (χ0n) is 16.7. The molecule has 2 amide bonds. The van der Waals surface area contributed by atoms with Gasteiger partial charge in [0, 0.05) is 29.9 Å². The van der Waals surface area contributed by atoms with E-state index in [1.807, 2.05) is 18.6 Å². The SMILES string of the molecule is COc1ccc(NC(=O)COc2ccc(C(=O)N=c3sccn3C)cc2OC)cc1. The molecule has 1 N–H and O–H groups in total. The molecule has 3 rings (SSSR count). The molecule has 0 radical (unpaired) electrons. The summed E-state index contributed by atoms with van der Waals surface area (Å²) in [6.07, 6.45) is 1.82. The molecular formula is C21H21N3O5S. The number of anilines is 1. The standard InChI is InChI=1S/C21H21N3O5S/c1-24-10-11-30-21(24)23-20(26)14-4-9-17(18(12-14)28-3)29-13-19(25)22-15-5-7-16(27-2)8-6-15/h4-12H,13H2,1-3H3,(H,22,25). The predicted octanol–water partition coefficient (Wildman–Crippen LogP) is 2.86. The average molecular weight is 427 g/mol. The first-order valence-electron chi connectivity index (χ1n) is 8.94. The van der Waals surface area contributed by atoms with Gasteiger partial charge < -0.3 is 24.1 Å². The lowest BCUT2D eigenvalue weighted by Crippen LogP contribution is -2.20. The molecular weight excluding hydrogens is 406 g/mol. The topological polar surface area (TPSA) is 91.1 Å². The summed E-state index contributed by atoms with van der Waals surface area (Å²) in [5, 5.41) is 4.58. The number of rotatable bonds is 7. The maximum atomic E-state index is 12.4. The molecule has 3 aromatic rings. The van der Waals surface area contributed by atoms with Crippen molar-refractivity contribution in [1.29, 1.82) is 0 Å². The van der Waals surface area contributed by atoms with Crippen molar-refractivity contribution in [3.05, 3.63) is 64.4 Å². The van der Waals surface area contributed by atoms with E-state index in [-0.39, 0.29) is 12.5 Å². The zero-order chi connectivity index (χ0) is 21.5. The molecule has 0 saturated carbocycles. The molecule has 0 bridgehead atoms. The highest BCUT2D eigenvalue weighted by atomic mass is 32.1. The third-order valence-electron chi connectivity index (χ3n) is 4.10. The van der Waals surface area contributed by atoms with Crippen LogP contribution in [0, 0.1) is 0 Å². The maximum absolute atomic E-state index is 12.4. The Bertz CT molecular complexity index is 1100. The van der Waals surface area contributed by atoms with Crippen LogP contribution in [0.2, 0.25) is 0 Å². The number of ether oxygens (including phenoxy) is 3. The van der Waals surface area contributed by atoms with E-state index in [1.54, 1.807) is 48.1 Å². The van der Waals surface area contributed by atoms with Crippen molar-refractivity contribution in [2.24, 2.45) is 12.0 Å². The Hall–Kier alpha value is -3.59. The highest BCUT2D eigenvalue weighted by Gasteiger charge is 2.13. The van der Waals surface area contributed by atoms with Gasteiger partial charge in [-0.1, -0.05) is 0 Å². The minimum absolute atomic E-state index is 0.217. The molecule has 0 saturated heterocycles. The summed E-state index contributed by atoms with van der Waals surface area (Å²) in [6.45, 7) is -0.217. The minimum Gasteiger partial charge on any atom is -0.497 e. The summed E-state index contributed by atoms with van der Waals surface area (Å²) >= 11 is 1.37. The second-order valence-electron chi connectivity index (χ2n) is 6.14. The van der Waals surface area contributed by atoms with Crippen molar-refractivity contribution >= 4 is 28.8 Å². The van der Waals surface area contributed by atoms with Gasteiger partial charge in [-0.2, -0.15) is 4.99 Å². The number of hydrogen-bond donors (Lipinski definition) is 1. The van der Waals surface area contributed by atoms with Crippen molar-refractivity contribution in [3.63, 3.8) is 0 Å². The number of thiazole rings is 1. The number of nitrogens with one attached hydrogen (secondary N) is 1. The Morgan fingerprint density at radius 2 is 1.83 bits per heavy atom. The molecule has 0 aliphatic rings. The average Bonchev–Trinajstić information content (AvgIpc) is 3.16. The van der Waals surface area contributed by atoms with Crippen molar-refractivity contribution in [3.8, 4) is 17.2 Å². The Balaban J connectivity index is 1.65. The Labute approximate surface area is 177 Å². The molecule has 0 fully saturated rings. The van der Waals surface area contributed by atoms with Gasteiger partial charge in [-0.05, 0) is 42.5 Å². The summed E-state index contributed by atoms with van der Waals surface area (Å²) < 4.78 is 17.7. The molecule has 0 aliphatic heterocycles. The third-order valence-corrected chi connectivity index (χ3v) is 4.95. The van der Waals surface area contributed by atoms with E-state index in [4.69, 9.17) is 14.2 Å². The molecule has 0 aliphatic carbocycles. The van der Waals surface area contributed by atoms with Gasteiger partial charge in [0.05, 0.1) is 14.2 Å². The van der Waals surface area contributed by atoms with Gasteiger partial charge in [-0.25, -0.2) is 0 Å². The van der Waals surface area contributed by atoms with Crippen LogP contribution in [0.3, 0.4) is 0 Å². The number of methoxy groups -OCH3 is 2. The Morgan fingerprint density at radius 1 is 1.07 bits per heavy atom. The second-order valence-corrected chi connectivity index (χ2v) is 7.02. The second kappa shape index (κ2) is 9.75. The van der Waals surface area contributed by atoms with Gasteiger partial charge in [0.1, 0.15) is 5.75 Å². The van der Waals surface area contributed by atoms with E-state index >= 15 is 0 Å². The van der Waals surface area contributed by atoms with Crippen molar-refractivity contribution in [2.75, 3.05) is 26.1 Å². The molecule has 156 valence electrons. The van der Waals surface area contributed by atoms with Crippen LogP contribution in [0.4, 0.5) is 5.69 Å². The first kappa shape index (κ1) is 21.1. The van der Waals surface area contributed by atoms with Gasteiger partial charge in [0.15, 0.2) is 22.9 Å². The summed E-state index contributed by atoms with van der Waals surface area (Å²) in [7, 11) is 4.85. The normalized spacial score (nSPS) is 11.1. The lowest BCUT2D eigenvalue weighted by Gasteiger charge is -2.12. The van der Waals surface area contributed by atoms with Gasteiger partial charge >= 0.3 is 0 Å². The monoisotopic (exact) mass is 427 g/mol. The summed E-state index contributed by atoms with van der Waals surface area (Å²) in [4.78, 5) is 29.3. The van der Waals surface area contributed by atoms with E-state index in [1.165, 1.54) is 24.5 Å². The highest BCUT2D eigenvalue weighted by Crippen LogP contribution is 2.28. The van der Waals surface area contributed by atoms with E-state index < -0.39 is 5.91 Å². The van der Waals surface area contributed by atoms with Gasteiger partial charge in [-0.3, -0.25) is 9.59 Å². The smallest absolute Gasteiger partial charge is 0.279 e. The number of hydrogen-bond acceptors (Lipinski definition) is 6. The number of benzene rings is 2. The van der Waals surface area contributed by atoms with Crippen LogP contribution in [0.25, 0.3) is 0 Å². The number of carbonyl (C=O) groups is 2. The molecule has 9 heteroatoms. The van der Waals surface area contributed by atoms with E-state index in [2.05, 4.69) is 10.3 Å². The van der Waals surface area contributed by atoms with E-state index in [0.717, 1.165) is 0 Å². The van der Waals surface area contributed by atoms with Crippen molar-refractivity contribution in [2.45, 2.75) is 0 Å². The van der Waals surface area contributed by atoms with Crippen molar-refractivity contribution in [1.82, 2.24) is 4.57 Å². The minimum atomic E-state index is -0.393. The number of amides is 2. The van der Waals surface area contributed by atoms with Gasteiger partial charge in [0.2, 0.25) is 0 Å². The molecule has 0 unspecified atom stereocenters. The molecule has 30 heavy (non-hydrogen) atoms. The summed E-state index contributed by atoms with van der Waals surface area (Å²) in [5.74, 6) is 0.658. The van der Waals surface area contributed by atoms with E-state index in [9.17, 15) is 9.59 Å². The molecule has 8 nitrogen and oxygen atoms in total. The fraction of sp³-hybridized carbons (Fsp3) is 0.190. The Kier molecular flexibility index (Phi) is 6.87. The molecule has 0 spiro atoms. The lowest BCUT2D eigenvalue weighted by atomic mass is 10.2. The van der Waals surface area contributed by atoms with Crippen LogP contribution in [-0.2, 0) is 11.8 Å². The van der Waals surface area contributed by atoms with Crippen molar-refractivity contribution < 1.29 is 23.8 Å². The molecule has 1 heterocycles. The number of aryl methyl sites for hydroxylation is 1. The van der Waals surface area contributed by atoms with Crippen LogP contribution >= 0.6 is 11.3 Å². The van der Waals surface area contributed by atoms with Crippen LogP contribution in [0.1, 0.15) is 10.4 Å². The Morgan fingerprint density at radius 3 is 2.47 bits per heavy atom. The van der Waals surface area contributed by atoms with Crippen LogP contribution in [0.5, 0.6) is 17.2 Å². The first-order valence-corrected chi connectivity index (χ1v) is 9.82. The fourth-order valence-electron chi connectivity index (χ4n) is 2.52. The molecule has 0 atom stereocenters. The largest absolute Gasteiger partial charge is 0.497 e. The quantitative estimate of drug-likeness (QED) is 0.626. The predicted molar refractivity (Wildman–Crippen MR) is 113 cm³/mol. The number of aromatic nitrogens is 1. The fourth-order valence-corrected chi connectivity index (χ4v) is 3.25. The molecule has 1 aromatic heterocycles.